The van der Waals surface area contributed by atoms with Crippen molar-refractivity contribution in [2.24, 2.45) is 0 Å². The molecule has 1 aliphatic rings. The van der Waals surface area contributed by atoms with E-state index in [9.17, 15) is 0 Å². The van der Waals surface area contributed by atoms with E-state index in [0.717, 1.165) is 6.42 Å². The van der Waals surface area contributed by atoms with Gasteiger partial charge in [-0.1, -0.05) is 0 Å². The molecule has 1 saturated heterocycles. The van der Waals surface area contributed by atoms with Crippen molar-refractivity contribution in [3.05, 3.63) is 0 Å². The monoisotopic (exact) mass is 187 g/mol. The third-order valence-electron chi connectivity index (χ3n) is 2.64. The van der Waals surface area contributed by atoms with Gasteiger partial charge in [-0.05, 0) is 45.3 Å². The van der Waals surface area contributed by atoms with Crippen molar-refractivity contribution in [2.45, 2.75) is 32.0 Å². The summed E-state index contributed by atoms with van der Waals surface area (Å²) in [6.45, 7) is 3.76. The maximum absolute atomic E-state index is 5.12. The van der Waals surface area contributed by atoms with Crippen LogP contribution in [-0.4, -0.2) is 45.0 Å². The fourth-order valence-corrected chi connectivity index (χ4v) is 1.82. The number of rotatable bonds is 6. The van der Waals surface area contributed by atoms with Crippen LogP contribution in [-0.2, 0) is 9.47 Å². The molecule has 13 heavy (non-hydrogen) atoms. The van der Waals surface area contributed by atoms with Crippen LogP contribution in [0.5, 0.6) is 0 Å². The van der Waals surface area contributed by atoms with Gasteiger partial charge in [0.1, 0.15) is 0 Å². The summed E-state index contributed by atoms with van der Waals surface area (Å²) in [7, 11) is 3.40. The average molecular weight is 187 g/mol. The van der Waals surface area contributed by atoms with Crippen LogP contribution in [0.1, 0.15) is 25.7 Å². The molecule has 0 amide bonds. The van der Waals surface area contributed by atoms with Gasteiger partial charge < -0.3 is 14.4 Å². The number of ether oxygens (including phenoxy) is 2. The van der Waals surface area contributed by atoms with Crippen LogP contribution in [0.2, 0.25) is 0 Å². The second-order valence-corrected chi connectivity index (χ2v) is 3.59. The van der Waals surface area contributed by atoms with Gasteiger partial charge in [0.15, 0.2) is 6.29 Å². The van der Waals surface area contributed by atoms with Gasteiger partial charge >= 0.3 is 0 Å². The Labute approximate surface area is 81.0 Å². The molecule has 0 aromatic carbocycles. The van der Waals surface area contributed by atoms with Gasteiger partial charge in [0.25, 0.3) is 0 Å². The molecule has 1 rings (SSSR count). The molecule has 0 radical (unpaired) electrons. The Bertz CT molecular complexity index is 118. The molecule has 1 heterocycles. The molecule has 0 aliphatic carbocycles. The van der Waals surface area contributed by atoms with E-state index in [4.69, 9.17) is 9.47 Å². The minimum absolute atomic E-state index is 0.0115. The van der Waals surface area contributed by atoms with Crippen molar-refractivity contribution < 1.29 is 9.47 Å². The number of hydrogen-bond donors (Lipinski definition) is 0. The van der Waals surface area contributed by atoms with Crippen LogP contribution >= 0.6 is 0 Å². The third kappa shape index (κ3) is 4.07. The average Bonchev–Trinajstić information content (AvgIpc) is 2.65. The molecule has 3 nitrogen and oxygen atoms in total. The Morgan fingerprint density at radius 2 is 1.77 bits per heavy atom. The highest BCUT2D eigenvalue weighted by molar-refractivity contribution is 4.65. The van der Waals surface area contributed by atoms with Gasteiger partial charge in [-0.25, -0.2) is 0 Å². The summed E-state index contributed by atoms with van der Waals surface area (Å²) >= 11 is 0. The van der Waals surface area contributed by atoms with E-state index in [2.05, 4.69) is 4.90 Å². The van der Waals surface area contributed by atoms with Crippen LogP contribution in [0, 0.1) is 0 Å². The second-order valence-electron chi connectivity index (χ2n) is 3.59. The highest BCUT2D eigenvalue weighted by Gasteiger charge is 2.11. The Hall–Kier alpha value is -0.120. The molecule has 1 aliphatic heterocycles. The molecule has 0 spiro atoms. The summed E-state index contributed by atoms with van der Waals surface area (Å²) in [4.78, 5) is 2.52. The van der Waals surface area contributed by atoms with Crippen LogP contribution in [0.4, 0.5) is 0 Å². The van der Waals surface area contributed by atoms with Gasteiger partial charge in [0.2, 0.25) is 0 Å². The number of nitrogens with zero attached hydrogens (tertiary/aromatic N) is 1. The maximum Gasteiger partial charge on any atom is 0.156 e. The minimum Gasteiger partial charge on any atom is -0.356 e. The second kappa shape index (κ2) is 6.35. The summed E-state index contributed by atoms with van der Waals surface area (Å²) in [5.74, 6) is 0. The topological polar surface area (TPSA) is 21.7 Å². The summed E-state index contributed by atoms with van der Waals surface area (Å²) in [5, 5.41) is 0. The van der Waals surface area contributed by atoms with Crippen LogP contribution in [0.25, 0.3) is 0 Å². The summed E-state index contributed by atoms with van der Waals surface area (Å²) in [5.41, 5.74) is 0. The molecule has 0 unspecified atom stereocenters. The van der Waals surface area contributed by atoms with Gasteiger partial charge in [0.05, 0.1) is 0 Å². The number of methoxy groups -OCH3 is 2. The highest BCUT2D eigenvalue weighted by atomic mass is 16.7. The number of hydrogen-bond acceptors (Lipinski definition) is 3. The summed E-state index contributed by atoms with van der Waals surface area (Å²) < 4.78 is 10.2. The van der Waals surface area contributed by atoms with Crippen molar-refractivity contribution in [2.75, 3.05) is 33.9 Å². The predicted octanol–water partition coefficient (Wildman–Crippen LogP) is 1.48. The molecule has 0 saturated carbocycles. The van der Waals surface area contributed by atoms with Crippen LogP contribution in [0.3, 0.4) is 0 Å². The van der Waals surface area contributed by atoms with E-state index in [1.54, 1.807) is 14.2 Å². The standard InChI is InChI=1S/C10H21NO2/c1-12-10(13-2)6-5-9-11-7-3-4-8-11/h10H,3-9H2,1-2H3. The van der Waals surface area contributed by atoms with Crippen molar-refractivity contribution in [3.8, 4) is 0 Å². The molecule has 0 N–H and O–H groups in total. The predicted molar refractivity (Wildman–Crippen MR) is 52.7 cm³/mol. The van der Waals surface area contributed by atoms with Crippen LogP contribution < -0.4 is 0 Å². The Morgan fingerprint density at radius 1 is 1.15 bits per heavy atom. The first-order valence-corrected chi connectivity index (χ1v) is 5.14. The van der Waals surface area contributed by atoms with Gasteiger partial charge in [-0.2, -0.15) is 0 Å². The Morgan fingerprint density at radius 3 is 2.31 bits per heavy atom. The normalized spacial score (nSPS) is 18.7. The van der Waals surface area contributed by atoms with Crippen molar-refractivity contribution in [1.29, 1.82) is 0 Å². The molecule has 1 fully saturated rings. The molecule has 0 atom stereocenters. The van der Waals surface area contributed by atoms with E-state index in [1.165, 1.54) is 38.9 Å². The molecular weight excluding hydrogens is 166 g/mol. The fraction of sp³-hybridized carbons (Fsp3) is 1.00. The molecular formula is C10H21NO2. The van der Waals surface area contributed by atoms with Crippen molar-refractivity contribution in [1.82, 2.24) is 4.90 Å². The highest BCUT2D eigenvalue weighted by Crippen LogP contribution is 2.09. The zero-order valence-corrected chi connectivity index (χ0v) is 8.79. The fourth-order valence-electron chi connectivity index (χ4n) is 1.82. The van der Waals surface area contributed by atoms with E-state index in [-0.39, 0.29) is 6.29 Å². The summed E-state index contributed by atoms with van der Waals surface area (Å²) in [6.07, 6.45) is 4.91. The summed E-state index contributed by atoms with van der Waals surface area (Å²) in [6, 6.07) is 0. The molecule has 3 heteroatoms. The third-order valence-corrected chi connectivity index (χ3v) is 2.64. The molecule has 0 bridgehead atoms. The van der Waals surface area contributed by atoms with Gasteiger partial charge in [0, 0.05) is 14.2 Å². The lowest BCUT2D eigenvalue weighted by Gasteiger charge is -2.17. The van der Waals surface area contributed by atoms with Gasteiger partial charge in [-0.3, -0.25) is 0 Å². The first-order valence-electron chi connectivity index (χ1n) is 5.14. The molecule has 0 aromatic heterocycles. The van der Waals surface area contributed by atoms with Gasteiger partial charge in [-0.15, -0.1) is 0 Å². The first kappa shape index (κ1) is 11.0. The van der Waals surface area contributed by atoms with Crippen molar-refractivity contribution >= 4 is 0 Å². The smallest absolute Gasteiger partial charge is 0.156 e. The first-order chi connectivity index (χ1) is 6.36. The lowest BCUT2D eigenvalue weighted by Crippen LogP contribution is -2.22. The zero-order chi connectivity index (χ0) is 9.52. The SMILES string of the molecule is COC(CCCN1CCCC1)OC. The number of likely N-dealkylation sites (tertiary alicyclic amines) is 1. The van der Waals surface area contributed by atoms with E-state index in [0.29, 0.717) is 0 Å². The molecule has 0 aromatic rings. The minimum atomic E-state index is -0.0115. The largest absolute Gasteiger partial charge is 0.356 e. The van der Waals surface area contributed by atoms with E-state index < -0.39 is 0 Å². The van der Waals surface area contributed by atoms with Crippen molar-refractivity contribution in [3.63, 3.8) is 0 Å². The maximum atomic E-state index is 5.12. The lowest BCUT2D eigenvalue weighted by molar-refractivity contribution is -0.107. The lowest BCUT2D eigenvalue weighted by atomic mass is 10.3. The Kier molecular flexibility index (Phi) is 5.35. The zero-order valence-electron chi connectivity index (χ0n) is 8.79. The molecule has 78 valence electrons. The Balaban J connectivity index is 1.98. The van der Waals surface area contributed by atoms with E-state index >= 15 is 0 Å². The van der Waals surface area contributed by atoms with E-state index in [1.807, 2.05) is 0 Å². The quantitative estimate of drug-likeness (QED) is 0.588. The van der Waals surface area contributed by atoms with Crippen LogP contribution in [0.15, 0.2) is 0 Å².